The van der Waals surface area contributed by atoms with Crippen LogP contribution < -0.4 is 4.74 Å². The second kappa shape index (κ2) is 9.37. The zero-order valence-corrected chi connectivity index (χ0v) is 12.8. The molecule has 0 aliphatic rings. The molecule has 0 aromatic heterocycles. The third-order valence-corrected chi connectivity index (χ3v) is 3.40. The van der Waals surface area contributed by atoms with E-state index in [2.05, 4.69) is 18.7 Å². The molecule has 0 N–H and O–H groups in total. The smallest absolute Gasteiger partial charge is 0.223 e. The summed E-state index contributed by atoms with van der Waals surface area (Å²) in [5.74, 6) is 1.02. The molecule has 0 heterocycles. The summed E-state index contributed by atoms with van der Waals surface area (Å²) < 4.78 is 5.59. The lowest BCUT2D eigenvalue weighted by Crippen LogP contribution is -2.34. The quantitative estimate of drug-likeness (QED) is 0.694. The van der Waals surface area contributed by atoms with Gasteiger partial charge in [-0.15, -0.1) is 0 Å². The van der Waals surface area contributed by atoms with Gasteiger partial charge in [0.1, 0.15) is 12.4 Å². The number of likely N-dealkylation sites (N-methyl/N-ethyl adjacent to an activating group) is 1. The van der Waals surface area contributed by atoms with Gasteiger partial charge in [0.2, 0.25) is 5.91 Å². The minimum atomic E-state index is 0.175. The molecule has 0 unspecified atom stereocenters. The maximum absolute atomic E-state index is 12.0. The average molecular weight is 278 g/mol. The second-order valence-corrected chi connectivity index (χ2v) is 4.75. The average Bonchev–Trinajstić information content (AvgIpc) is 2.49. The van der Waals surface area contributed by atoms with Crippen molar-refractivity contribution in [3.8, 4) is 5.75 Å². The maximum Gasteiger partial charge on any atom is 0.223 e. The van der Waals surface area contributed by atoms with Crippen molar-refractivity contribution in [2.45, 2.75) is 20.3 Å². The molecule has 112 valence electrons. The molecule has 0 saturated heterocycles. The number of ether oxygens (including phenoxy) is 1. The van der Waals surface area contributed by atoms with Gasteiger partial charge in [0.25, 0.3) is 0 Å². The molecule has 1 amide bonds. The van der Waals surface area contributed by atoms with Crippen LogP contribution in [0.4, 0.5) is 0 Å². The highest BCUT2D eigenvalue weighted by Gasteiger charge is 2.10. The zero-order chi connectivity index (χ0) is 14.8. The Bertz CT molecular complexity index is 377. The van der Waals surface area contributed by atoms with Gasteiger partial charge in [0.15, 0.2) is 0 Å². The minimum absolute atomic E-state index is 0.175. The first-order chi connectivity index (χ1) is 9.67. The Labute approximate surface area is 122 Å². The number of amides is 1. The molecule has 20 heavy (non-hydrogen) atoms. The monoisotopic (exact) mass is 278 g/mol. The SMILES string of the molecule is CCN(CC)CCC(=O)N(C)CCOc1ccccc1. The molecule has 1 rings (SSSR count). The van der Waals surface area contributed by atoms with Gasteiger partial charge in [-0.05, 0) is 25.2 Å². The molecule has 0 aliphatic carbocycles. The Hall–Kier alpha value is -1.55. The number of nitrogens with zero attached hydrogens (tertiary/aromatic N) is 2. The van der Waals surface area contributed by atoms with Crippen molar-refractivity contribution in [2.24, 2.45) is 0 Å². The van der Waals surface area contributed by atoms with Gasteiger partial charge >= 0.3 is 0 Å². The van der Waals surface area contributed by atoms with Gasteiger partial charge in [0, 0.05) is 20.0 Å². The molecule has 0 aliphatic heterocycles. The lowest BCUT2D eigenvalue weighted by atomic mass is 10.3. The summed E-state index contributed by atoms with van der Waals surface area (Å²) in [6, 6.07) is 9.67. The largest absolute Gasteiger partial charge is 0.492 e. The van der Waals surface area contributed by atoms with Crippen LogP contribution in [0.2, 0.25) is 0 Å². The summed E-state index contributed by atoms with van der Waals surface area (Å²) in [4.78, 5) is 16.0. The van der Waals surface area contributed by atoms with E-state index in [1.54, 1.807) is 4.90 Å². The third-order valence-electron chi connectivity index (χ3n) is 3.40. The number of benzene rings is 1. The molecule has 0 radical (unpaired) electrons. The van der Waals surface area contributed by atoms with Crippen molar-refractivity contribution in [3.63, 3.8) is 0 Å². The van der Waals surface area contributed by atoms with Gasteiger partial charge in [-0.3, -0.25) is 4.79 Å². The highest BCUT2D eigenvalue weighted by molar-refractivity contribution is 5.76. The fourth-order valence-electron chi connectivity index (χ4n) is 1.93. The Morgan fingerprint density at radius 3 is 2.35 bits per heavy atom. The van der Waals surface area contributed by atoms with Crippen LogP contribution in [0, 0.1) is 0 Å². The lowest BCUT2D eigenvalue weighted by Gasteiger charge is -2.21. The highest BCUT2D eigenvalue weighted by atomic mass is 16.5. The van der Waals surface area contributed by atoms with E-state index in [0.717, 1.165) is 25.4 Å². The topological polar surface area (TPSA) is 32.8 Å². The van der Waals surface area contributed by atoms with Crippen LogP contribution in [0.5, 0.6) is 5.75 Å². The van der Waals surface area contributed by atoms with E-state index in [4.69, 9.17) is 4.74 Å². The number of para-hydroxylation sites is 1. The summed E-state index contributed by atoms with van der Waals surface area (Å²) in [6.45, 7) is 8.19. The summed E-state index contributed by atoms with van der Waals surface area (Å²) in [7, 11) is 1.83. The summed E-state index contributed by atoms with van der Waals surface area (Å²) >= 11 is 0. The first kappa shape index (κ1) is 16.5. The predicted molar refractivity (Wildman–Crippen MR) is 82.0 cm³/mol. The van der Waals surface area contributed by atoms with Crippen LogP contribution in [-0.4, -0.2) is 55.5 Å². The number of hydrogen-bond donors (Lipinski definition) is 0. The minimum Gasteiger partial charge on any atom is -0.492 e. The van der Waals surface area contributed by atoms with Crippen molar-refractivity contribution in [2.75, 3.05) is 39.8 Å². The molecule has 1 aromatic carbocycles. The fourth-order valence-corrected chi connectivity index (χ4v) is 1.93. The van der Waals surface area contributed by atoms with Crippen LogP contribution in [0.3, 0.4) is 0 Å². The Balaban J connectivity index is 2.21. The molecule has 4 heteroatoms. The van der Waals surface area contributed by atoms with Crippen molar-refractivity contribution < 1.29 is 9.53 Å². The molecule has 0 spiro atoms. The Morgan fingerprint density at radius 1 is 1.10 bits per heavy atom. The number of carbonyl (C=O) groups is 1. The van der Waals surface area contributed by atoms with Crippen LogP contribution >= 0.6 is 0 Å². The van der Waals surface area contributed by atoms with Crippen LogP contribution in [0.1, 0.15) is 20.3 Å². The Morgan fingerprint density at radius 2 is 1.75 bits per heavy atom. The fraction of sp³-hybridized carbons (Fsp3) is 0.562. The van der Waals surface area contributed by atoms with Crippen LogP contribution in [-0.2, 0) is 4.79 Å². The van der Waals surface area contributed by atoms with E-state index >= 15 is 0 Å². The molecular weight excluding hydrogens is 252 g/mol. The van der Waals surface area contributed by atoms with Gasteiger partial charge in [-0.25, -0.2) is 0 Å². The second-order valence-electron chi connectivity index (χ2n) is 4.75. The first-order valence-corrected chi connectivity index (χ1v) is 7.31. The van der Waals surface area contributed by atoms with Crippen molar-refractivity contribution in [3.05, 3.63) is 30.3 Å². The van der Waals surface area contributed by atoms with E-state index in [1.807, 2.05) is 37.4 Å². The molecule has 0 fully saturated rings. The van der Waals surface area contributed by atoms with E-state index in [9.17, 15) is 4.79 Å². The van der Waals surface area contributed by atoms with Gasteiger partial charge in [-0.2, -0.15) is 0 Å². The normalized spacial score (nSPS) is 10.6. The summed E-state index contributed by atoms with van der Waals surface area (Å²) in [5, 5.41) is 0. The van der Waals surface area contributed by atoms with Gasteiger partial charge in [-0.1, -0.05) is 32.0 Å². The van der Waals surface area contributed by atoms with Crippen LogP contribution in [0.15, 0.2) is 30.3 Å². The van der Waals surface area contributed by atoms with Crippen LogP contribution in [0.25, 0.3) is 0 Å². The summed E-state index contributed by atoms with van der Waals surface area (Å²) in [6.07, 6.45) is 0.573. The number of hydrogen-bond acceptors (Lipinski definition) is 3. The van der Waals surface area contributed by atoms with E-state index < -0.39 is 0 Å². The summed E-state index contributed by atoms with van der Waals surface area (Å²) in [5.41, 5.74) is 0. The Kier molecular flexibility index (Phi) is 7.73. The molecule has 4 nitrogen and oxygen atoms in total. The number of carbonyl (C=O) groups excluding carboxylic acids is 1. The molecule has 0 saturated carbocycles. The third kappa shape index (κ3) is 6.06. The predicted octanol–water partition coefficient (Wildman–Crippen LogP) is 2.26. The molecular formula is C16H26N2O2. The van der Waals surface area contributed by atoms with Crippen molar-refractivity contribution >= 4 is 5.91 Å². The highest BCUT2D eigenvalue weighted by Crippen LogP contribution is 2.07. The van der Waals surface area contributed by atoms with E-state index in [1.165, 1.54) is 0 Å². The lowest BCUT2D eigenvalue weighted by molar-refractivity contribution is -0.130. The first-order valence-electron chi connectivity index (χ1n) is 7.31. The molecule has 0 bridgehead atoms. The van der Waals surface area contributed by atoms with Crippen molar-refractivity contribution in [1.29, 1.82) is 0 Å². The van der Waals surface area contributed by atoms with Gasteiger partial charge < -0.3 is 14.5 Å². The standard InChI is InChI=1S/C16H26N2O2/c1-4-18(5-2)12-11-16(19)17(3)13-14-20-15-9-7-6-8-10-15/h6-10H,4-5,11-14H2,1-3H3. The maximum atomic E-state index is 12.0. The molecule has 0 atom stereocenters. The van der Waals surface area contributed by atoms with E-state index in [-0.39, 0.29) is 5.91 Å². The number of rotatable bonds is 9. The molecule has 1 aromatic rings. The zero-order valence-electron chi connectivity index (χ0n) is 12.8. The van der Waals surface area contributed by atoms with Gasteiger partial charge in [0.05, 0.1) is 6.54 Å². The van der Waals surface area contributed by atoms with E-state index in [0.29, 0.717) is 19.6 Å². The van der Waals surface area contributed by atoms with Crippen molar-refractivity contribution in [1.82, 2.24) is 9.80 Å².